The number of pyridine rings is 1. The van der Waals surface area contributed by atoms with Crippen LogP contribution in [0.4, 0.5) is 5.69 Å². The fraction of sp³-hybridized carbons (Fsp3) is 0.438. The number of rotatable bonds is 6. The molecule has 0 aliphatic carbocycles. The summed E-state index contributed by atoms with van der Waals surface area (Å²) in [5.41, 5.74) is 3.34. The quantitative estimate of drug-likeness (QED) is 0.832. The first-order valence-corrected chi connectivity index (χ1v) is 7.04. The highest BCUT2D eigenvalue weighted by Gasteiger charge is 2.05. The second-order valence-corrected chi connectivity index (χ2v) is 5.23. The molecule has 0 radical (unpaired) electrons. The van der Waals surface area contributed by atoms with E-state index < -0.39 is 0 Å². The molecule has 2 rings (SSSR count). The monoisotopic (exact) mass is 257 g/mol. The van der Waals surface area contributed by atoms with Crippen molar-refractivity contribution in [3.05, 3.63) is 36.0 Å². The van der Waals surface area contributed by atoms with Crippen LogP contribution in [0.25, 0.3) is 10.9 Å². The minimum atomic E-state index is 0.629. The van der Waals surface area contributed by atoms with Crippen LogP contribution in [-0.2, 0) is 6.54 Å². The van der Waals surface area contributed by atoms with E-state index in [1.165, 1.54) is 11.1 Å². The normalized spacial score (nSPS) is 11.2. The van der Waals surface area contributed by atoms with E-state index >= 15 is 0 Å². The molecule has 1 aromatic heterocycles. The van der Waals surface area contributed by atoms with Crippen molar-refractivity contribution in [3.8, 4) is 0 Å². The highest BCUT2D eigenvalue weighted by molar-refractivity contribution is 5.91. The summed E-state index contributed by atoms with van der Waals surface area (Å²) >= 11 is 0. The van der Waals surface area contributed by atoms with Crippen LogP contribution >= 0.6 is 0 Å². The van der Waals surface area contributed by atoms with Crippen LogP contribution in [0.1, 0.15) is 26.5 Å². The van der Waals surface area contributed by atoms with E-state index in [2.05, 4.69) is 55.7 Å². The van der Waals surface area contributed by atoms with E-state index in [-0.39, 0.29) is 0 Å². The van der Waals surface area contributed by atoms with E-state index in [9.17, 15) is 0 Å². The van der Waals surface area contributed by atoms with E-state index in [0.29, 0.717) is 5.92 Å². The number of fused-ring (bicyclic) bond motifs is 1. The Labute approximate surface area is 115 Å². The smallest absolute Gasteiger partial charge is 0.0726 e. The van der Waals surface area contributed by atoms with E-state index in [1.807, 2.05) is 6.07 Å². The first-order valence-electron chi connectivity index (χ1n) is 7.04. The molecule has 0 aliphatic heterocycles. The van der Waals surface area contributed by atoms with Crippen molar-refractivity contribution in [1.29, 1.82) is 0 Å². The van der Waals surface area contributed by atoms with Crippen molar-refractivity contribution < 1.29 is 0 Å². The SMILES string of the molecule is CCNCc1cc(NCC(C)C)c2ccccc2n1. The number of nitrogens with one attached hydrogen (secondary N) is 2. The fourth-order valence-electron chi connectivity index (χ4n) is 2.03. The third-order valence-electron chi connectivity index (χ3n) is 3.03. The van der Waals surface area contributed by atoms with Crippen LogP contribution in [0.3, 0.4) is 0 Å². The average molecular weight is 257 g/mol. The standard InChI is InChI=1S/C16H23N3/c1-4-17-11-13-9-16(18-10-12(2)3)14-7-5-6-8-15(14)19-13/h5-9,12,17H,4,10-11H2,1-3H3,(H,18,19). The Morgan fingerprint density at radius 2 is 2.00 bits per heavy atom. The number of anilines is 1. The summed E-state index contributed by atoms with van der Waals surface area (Å²) in [5.74, 6) is 0.629. The molecule has 0 spiro atoms. The molecule has 3 heteroatoms. The molecule has 0 bridgehead atoms. The molecular weight excluding hydrogens is 234 g/mol. The lowest BCUT2D eigenvalue weighted by molar-refractivity contribution is 0.688. The first kappa shape index (κ1) is 13.8. The highest BCUT2D eigenvalue weighted by Crippen LogP contribution is 2.23. The zero-order valence-electron chi connectivity index (χ0n) is 12.0. The molecular formula is C16H23N3. The lowest BCUT2D eigenvalue weighted by Gasteiger charge is -2.13. The number of aromatic nitrogens is 1. The van der Waals surface area contributed by atoms with Crippen molar-refractivity contribution in [1.82, 2.24) is 10.3 Å². The van der Waals surface area contributed by atoms with E-state index in [0.717, 1.165) is 30.8 Å². The first-order chi connectivity index (χ1) is 9.20. The Morgan fingerprint density at radius 1 is 1.21 bits per heavy atom. The average Bonchev–Trinajstić information content (AvgIpc) is 2.42. The van der Waals surface area contributed by atoms with Gasteiger partial charge in [-0.05, 0) is 24.6 Å². The Hall–Kier alpha value is -1.61. The molecule has 19 heavy (non-hydrogen) atoms. The third kappa shape index (κ3) is 3.67. The summed E-state index contributed by atoms with van der Waals surface area (Å²) in [7, 11) is 0. The largest absolute Gasteiger partial charge is 0.384 e. The molecule has 0 atom stereocenters. The van der Waals surface area contributed by atoms with Gasteiger partial charge in [0, 0.05) is 24.2 Å². The molecule has 3 nitrogen and oxygen atoms in total. The van der Waals surface area contributed by atoms with Crippen molar-refractivity contribution in [3.63, 3.8) is 0 Å². The predicted octanol–water partition coefficient (Wildman–Crippen LogP) is 3.41. The molecule has 1 heterocycles. The third-order valence-corrected chi connectivity index (χ3v) is 3.03. The molecule has 0 aliphatic rings. The summed E-state index contributed by atoms with van der Waals surface area (Å²) < 4.78 is 0. The van der Waals surface area contributed by atoms with Gasteiger partial charge in [-0.25, -0.2) is 0 Å². The number of hydrogen-bond donors (Lipinski definition) is 2. The van der Waals surface area contributed by atoms with Gasteiger partial charge in [-0.1, -0.05) is 39.0 Å². The molecule has 1 aromatic carbocycles. The molecule has 0 saturated heterocycles. The van der Waals surface area contributed by atoms with Crippen LogP contribution in [0.2, 0.25) is 0 Å². The number of benzene rings is 1. The molecule has 2 N–H and O–H groups in total. The maximum Gasteiger partial charge on any atom is 0.0726 e. The summed E-state index contributed by atoms with van der Waals surface area (Å²) in [6.07, 6.45) is 0. The van der Waals surface area contributed by atoms with Crippen LogP contribution in [0.15, 0.2) is 30.3 Å². The molecule has 0 unspecified atom stereocenters. The predicted molar refractivity (Wildman–Crippen MR) is 82.5 cm³/mol. The lowest BCUT2D eigenvalue weighted by atomic mass is 10.1. The van der Waals surface area contributed by atoms with Gasteiger partial charge in [-0.2, -0.15) is 0 Å². The molecule has 2 aromatic rings. The van der Waals surface area contributed by atoms with Gasteiger partial charge in [0.2, 0.25) is 0 Å². The maximum atomic E-state index is 4.70. The second kappa shape index (κ2) is 6.53. The zero-order chi connectivity index (χ0) is 13.7. The molecule has 0 saturated carbocycles. The van der Waals surface area contributed by atoms with Crippen LogP contribution in [0, 0.1) is 5.92 Å². The zero-order valence-corrected chi connectivity index (χ0v) is 12.0. The Bertz CT molecular complexity index is 535. The number of nitrogens with zero attached hydrogens (tertiary/aromatic N) is 1. The van der Waals surface area contributed by atoms with E-state index in [1.54, 1.807) is 0 Å². The summed E-state index contributed by atoms with van der Waals surface area (Å²) in [4.78, 5) is 4.70. The van der Waals surface area contributed by atoms with Gasteiger partial charge in [-0.15, -0.1) is 0 Å². The Kier molecular flexibility index (Phi) is 4.74. The second-order valence-electron chi connectivity index (χ2n) is 5.23. The molecule has 102 valence electrons. The highest BCUT2D eigenvalue weighted by atomic mass is 14.9. The van der Waals surface area contributed by atoms with Gasteiger partial charge < -0.3 is 10.6 Å². The number of para-hydroxylation sites is 1. The van der Waals surface area contributed by atoms with Crippen molar-refractivity contribution in [2.24, 2.45) is 5.92 Å². The minimum Gasteiger partial charge on any atom is -0.384 e. The summed E-state index contributed by atoms with van der Waals surface area (Å²) in [6.45, 7) is 9.31. The number of hydrogen-bond acceptors (Lipinski definition) is 3. The fourth-order valence-corrected chi connectivity index (χ4v) is 2.03. The van der Waals surface area contributed by atoms with Gasteiger partial charge in [-0.3, -0.25) is 4.98 Å². The van der Waals surface area contributed by atoms with E-state index in [4.69, 9.17) is 4.98 Å². The van der Waals surface area contributed by atoms with Crippen molar-refractivity contribution in [2.75, 3.05) is 18.4 Å². The van der Waals surface area contributed by atoms with Crippen molar-refractivity contribution in [2.45, 2.75) is 27.3 Å². The van der Waals surface area contributed by atoms with Gasteiger partial charge in [0.25, 0.3) is 0 Å². The van der Waals surface area contributed by atoms with Crippen LogP contribution in [0.5, 0.6) is 0 Å². The molecule has 0 amide bonds. The minimum absolute atomic E-state index is 0.629. The lowest BCUT2D eigenvalue weighted by Crippen LogP contribution is -2.14. The maximum absolute atomic E-state index is 4.70. The van der Waals surface area contributed by atoms with Gasteiger partial charge in [0.1, 0.15) is 0 Å². The van der Waals surface area contributed by atoms with Crippen LogP contribution in [-0.4, -0.2) is 18.1 Å². The summed E-state index contributed by atoms with van der Waals surface area (Å²) in [5, 5.41) is 8.06. The Morgan fingerprint density at radius 3 is 2.74 bits per heavy atom. The molecule has 0 fully saturated rings. The van der Waals surface area contributed by atoms with Crippen LogP contribution < -0.4 is 10.6 Å². The van der Waals surface area contributed by atoms with Gasteiger partial charge in [0.05, 0.1) is 11.2 Å². The van der Waals surface area contributed by atoms with Crippen molar-refractivity contribution >= 4 is 16.6 Å². The Balaban J connectivity index is 2.33. The topological polar surface area (TPSA) is 37.0 Å². The van der Waals surface area contributed by atoms with Gasteiger partial charge >= 0.3 is 0 Å². The van der Waals surface area contributed by atoms with Gasteiger partial charge in [0.15, 0.2) is 0 Å². The summed E-state index contributed by atoms with van der Waals surface area (Å²) in [6, 6.07) is 10.5.